The molecule has 2 aromatic rings. The first kappa shape index (κ1) is 18.9. The Hall–Kier alpha value is -2.43. The van der Waals surface area contributed by atoms with Gasteiger partial charge in [-0.15, -0.1) is 10.2 Å². The van der Waals surface area contributed by atoms with E-state index in [-0.39, 0.29) is 11.3 Å². The number of anilines is 2. The minimum Gasteiger partial charge on any atom is -0.358 e. The Labute approximate surface area is 150 Å². The van der Waals surface area contributed by atoms with Crippen LogP contribution in [0.25, 0.3) is 0 Å². The lowest BCUT2D eigenvalue weighted by Crippen LogP contribution is -2.20. The van der Waals surface area contributed by atoms with Gasteiger partial charge in [-0.2, -0.15) is 0 Å². The predicted molar refractivity (Wildman–Crippen MR) is 103 cm³/mol. The average Bonchev–Trinajstić information content (AvgIpc) is 2.59. The molecule has 2 rings (SSSR count). The van der Waals surface area contributed by atoms with Crippen LogP contribution < -0.4 is 10.2 Å². The van der Waals surface area contributed by atoms with Crippen molar-refractivity contribution < 1.29 is 4.79 Å². The number of hydrogen-bond acceptors (Lipinski definition) is 4. The van der Waals surface area contributed by atoms with Crippen molar-refractivity contribution in [2.75, 3.05) is 23.8 Å². The number of nitrogens with one attached hydrogen (secondary N) is 1. The number of carbonyl (C=O) groups is 1. The van der Waals surface area contributed by atoms with E-state index in [2.05, 4.69) is 48.1 Å². The zero-order valence-electron chi connectivity index (χ0n) is 15.8. The van der Waals surface area contributed by atoms with Gasteiger partial charge in [0.1, 0.15) is 0 Å². The van der Waals surface area contributed by atoms with E-state index in [9.17, 15) is 4.79 Å². The summed E-state index contributed by atoms with van der Waals surface area (Å²) < 4.78 is 0. The fourth-order valence-electron chi connectivity index (χ4n) is 2.42. The molecule has 0 spiro atoms. The third-order valence-corrected chi connectivity index (χ3v) is 4.14. The Morgan fingerprint density at radius 3 is 2.28 bits per heavy atom. The molecule has 0 saturated carbocycles. The standard InChI is InChI=1S/C20H28N4O/c1-6-7-14-24(5)18-13-12-17(22-23-18)21-19(25)15-8-10-16(11-9-15)20(2,3)4/h8-13H,6-7,14H2,1-5H3,(H,21,22,25). The molecule has 0 aliphatic rings. The molecule has 134 valence electrons. The molecular formula is C20H28N4O. The minimum atomic E-state index is -0.179. The van der Waals surface area contributed by atoms with E-state index >= 15 is 0 Å². The number of aromatic nitrogens is 2. The zero-order chi connectivity index (χ0) is 18.4. The minimum absolute atomic E-state index is 0.0696. The number of rotatable bonds is 6. The second-order valence-electron chi connectivity index (χ2n) is 7.33. The van der Waals surface area contributed by atoms with Crippen LogP contribution in [0.2, 0.25) is 0 Å². The van der Waals surface area contributed by atoms with Crippen LogP contribution in [0.4, 0.5) is 11.6 Å². The number of unbranched alkanes of at least 4 members (excludes halogenated alkanes) is 1. The van der Waals surface area contributed by atoms with Crippen LogP contribution in [-0.4, -0.2) is 29.7 Å². The lowest BCUT2D eigenvalue weighted by molar-refractivity contribution is 0.102. The molecule has 5 heteroatoms. The number of amides is 1. The maximum Gasteiger partial charge on any atom is 0.256 e. The molecule has 1 aromatic carbocycles. The summed E-state index contributed by atoms with van der Waals surface area (Å²) in [7, 11) is 1.99. The molecule has 5 nitrogen and oxygen atoms in total. The largest absolute Gasteiger partial charge is 0.358 e. The van der Waals surface area contributed by atoms with Crippen LogP contribution in [0.5, 0.6) is 0 Å². The smallest absolute Gasteiger partial charge is 0.256 e. The summed E-state index contributed by atoms with van der Waals surface area (Å²) in [6.07, 6.45) is 2.25. The molecule has 0 saturated heterocycles. The summed E-state index contributed by atoms with van der Waals surface area (Å²) in [5, 5.41) is 11.1. The van der Waals surface area contributed by atoms with Gasteiger partial charge in [0.05, 0.1) is 0 Å². The number of benzene rings is 1. The lowest BCUT2D eigenvalue weighted by Gasteiger charge is -2.19. The summed E-state index contributed by atoms with van der Waals surface area (Å²) in [4.78, 5) is 14.4. The highest BCUT2D eigenvalue weighted by molar-refractivity contribution is 6.03. The van der Waals surface area contributed by atoms with Gasteiger partial charge in [0, 0.05) is 19.2 Å². The van der Waals surface area contributed by atoms with Crippen molar-refractivity contribution in [1.29, 1.82) is 0 Å². The molecular weight excluding hydrogens is 312 g/mol. The second-order valence-corrected chi connectivity index (χ2v) is 7.33. The summed E-state index contributed by atoms with van der Waals surface area (Å²) in [6, 6.07) is 11.3. The van der Waals surface area contributed by atoms with Gasteiger partial charge in [-0.05, 0) is 41.7 Å². The highest BCUT2D eigenvalue weighted by atomic mass is 16.1. The molecule has 1 heterocycles. The zero-order valence-corrected chi connectivity index (χ0v) is 15.8. The second kappa shape index (κ2) is 8.10. The third-order valence-electron chi connectivity index (χ3n) is 4.14. The van der Waals surface area contributed by atoms with Crippen molar-refractivity contribution in [3.63, 3.8) is 0 Å². The van der Waals surface area contributed by atoms with Crippen LogP contribution in [0, 0.1) is 0 Å². The fraction of sp³-hybridized carbons (Fsp3) is 0.450. The van der Waals surface area contributed by atoms with Crippen molar-refractivity contribution in [2.45, 2.75) is 46.0 Å². The van der Waals surface area contributed by atoms with E-state index in [0.717, 1.165) is 25.2 Å². The Morgan fingerprint density at radius 2 is 1.76 bits per heavy atom. The first-order chi connectivity index (χ1) is 11.8. The molecule has 0 atom stereocenters. The number of hydrogen-bond donors (Lipinski definition) is 1. The van der Waals surface area contributed by atoms with E-state index in [0.29, 0.717) is 11.4 Å². The molecule has 0 bridgehead atoms. The van der Waals surface area contributed by atoms with Gasteiger partial charge < -0.3 is 10.2 Å². The fourth-order valence-corrected chi connectivity index (χ4v) is 2.42. The Kier molecular flexibility index (Phi) is 6.12. The molecule has 0 fully saturated rings. The highest BCUT2D eigenvalue weighted by Crippen LogP contribution is 2.22. The number of nitrogens with zero attached hydrogens (tertiary/aromatic N) is 3. The molecule has 25 heavy (non-hydrogen) atoms. The topological polar surface area (TPSA) is 58.1 Å². The van der Waals surface area contributed by atoms with E-state index in [4.69, 9.17) is 0 Å². The van der Waals surface area contributed by atoms with Gasteiger partial charge in [-0.1, -0.05) is 46.2 Å². The molecule has 1 amide bonds. The maximum atomic E-state index is 12.3. The Balaban J connectivity index is 2.00. The van der Waals surface area contributed by atoms with E-state index < -0.39 is 0 Å². The lowest BCUT2D eigenvalue weighted by atomic mass is 9.87. The van der Waals surface area contributed by atoms with E-state index in [1.165, 1.54) is 5.56 Å². The maximum absolute atomic E-state index is 12.3. The highest BCUT2D eigenvalue weighted by Gasteiger charge is 2.14. The van der Waals surface area contributed by atoms with Gasteiger partial charge in [-0.25, -0.2) is 0 Å². The first-order valence-electron chi connectivity index (χ1n) is 8.78. The summed E-state index contributed by atoms with van der Waals surface area (Å²) in [5.41, 5.74) is 1.88. The Morgan fingerprint density at radius 1 is 1.08 bits per heavy atom. The van der Waals surface area contributed by atoms with Crippen molar-refractivity contribution in [2.24, 2.45) is 0 Å². The first-order valence-corrected chi connectivity index (χ1v) is 8.78. The summed E-state index contributed by atoms with van der Waals surface area (Å²) in [5.74, 6) is 1.08. The molecule has 0 aliphatic heterocycles. The monoisotopic (exact) mass is 340 g/mol. The van der Waals surface area contributed by atoms with E-state index in [1.54, 1.807) is 6.07 Å². The molecule has 1 N–H and O–H groups in total. The third kappa shape index (κ3) is 5.28. The van der Waals surface area contributed by atoms with Crippen LogP contribution in [0.3, 0.4) is 0 Å². The molecule has 0 aliphatic carbocycles. The van der Waals surface area contributed by atoms with Crippen molar-refractivity contribution >= 4 is 17.5 Å². The molecule has 1 aromatic heterocycles. The van der Waals surface area contributed by atoms with Crippen LogP contribution in [-0.2, 0) is 5.41 Å². The Bertz CT molecular complexity index is 687. The average molecular weight is 340 g/mol. The molecule has 0 radical (unpaired) electrons. The van der Waals surface area contributed by atoms with Gasteiger partial charge >= 0.3 is 0 Å². The van der Waals surface area contributed by atoms with Gasteiger partial charge in [0.25, 0.3) is 5.91 Å². The van der Waals surface area contributed by atoms with Crippen LogP contribution in [0.15, 0.2) is 36.4 Å². The van der Waals surface area contributed by atoms with Crippen molar-refractivity contribution in [1.82, 2.24) is 10.2 Å². The SMILES string of the molecule is CCCCN(C)c1ccc(NC(=O)c2ccc(C(C)(C)C)cc2)nn1. The normalized spacial score (nSPS) is 11.2. The summed E-state index contributed by atoms with van der Waals surface area (Å²) >= 11 is 0. The number of carbonyl (C=O) groups excluding carboxylic acids is 1. The van der Waals surface area contributed by atoms with Crippen LogP contribution in [0.1, 0.15) is 56.5 Å². The van der Waals surface area contributed by atoms with Gasteiger partial charge in [-0.3, -0.25) is 4.79 Å². The van der Waals surface area contributed by atoms with Crippen molar-refractivity contribution in [3.8, 4) is 0 Å². The van der Waals surface area contributed by atoms with Gasteiger partial charge in [0.15, 0.2) is 11.6 Å². The quantitative estimate of drug-likeness (QED) is 0.853. The van der Waals surface area contributed by atoms with Crippen molar-refractivity contribution in [3.05, 3.63) is 47.5 Å². The summed E-state index contributed by atoms with van der Waals surface area (Å²) in [6.45, 7) is 9.55. The van der Waals surface area contributed by atoms with Gasteiger partial charge in [0.2, 0.25) is 0 Å². The van der Waals surface area contributed by atoms with E-state index in [1.807, 2.05) is 37.4 Å². The molecule has 0 unspecified atom stereocenters. The van der Waals surface area contributed by atoms with Crippen LogP contribution >= 0.6 is 0 Å². The predicted octanol–water partition coefficient (Wildman–Crippen LogP) is 4.26.